The molecule has 1 aromatic carbocycles. The van der Waals surface area contributed by atoms with Crippen LogP contribution < -0.4 is 5.32 Å². The van der Waals surface area contributed by atoms with Gasteiger partial charge >= 0.3 is 6.09 Å². The molecule has 0 bridgehead atoms. The van der Waals surface area contributed by atoms with Gasteiger partial charge in [0.05, 0.1) is 0 Å². The molecule has 1 aromatic rings. The van der Waals surface area contributed by atoms with Gasteiger partial charge in [-0.15, -0.1) is 0 Å². The summed E-state index contributed by atoms with van der Waals surface area (Å²) in [7, 11) is 0. The number of hydrogen-bond donors (Lipinski definition) is 1. The molecule has 0 heterocycles. The first-order valence-corrected chi connectivity index (χ1v) is 9.16. The minimum Gasteiger partial charge on any atom is -0.445 e. The minimum absolute atomic E-state index is 0.244. The number of rotatable bonds is 9. The van der Waals surface area contributed by atoms with Gasteiger partial charge in [0.1, 0.15) is 6.61 Å². The second-order valence-corrected chi connectivity index (χ2v) is 6.41. The van der Waals surface area contributed by atoms with E-state index in [9.17, 15) is 13.6 Å². The summed E-state index contributed by atoms with van der Waals surface area (Å²) in [6.07, 6.45) is 2.96. The molecule has 1 rings (SSSR count). The Hall–Kier alpha value is -1.65. The van der Waals surface area contributed by atoms with Gasteiger partial charge in [0.15, 0.2) is 0 Å². The maximum atomic E-state index is 11.7. The lowest BCUT2D eigenvalue weighted by atomic mass is 10.1. The summed E-state index contributed by atoms with van der Waals surface area (Å²) >= 11 is 0. The summed E-state index contributed by atoms with van der Waals surface area (Å²) in [5.74, 6) is -0.481. The molecule has 25 heavy (non-hydrogen) atoms. The maximum Gasteiger partial charge on any atom is 0.407 e. The van der Waals surface area contributed by atoms with Crippen LogP contribution in [0.3, 0.4) is 0 Å². The number of hydrogen-bond acceptors (Lipinski definition) is 2. The summed E-state index contributed by atoms with van der Waals surface area (Å²) < 4.78 is 27.5. The lowest BCUT2D eigenvalue weighted by molar-refractivity contribution is 0.0955. The summed E-state index contributed by atoms with van der Waals surface area (Å²) in [4.78, 5) is 11.7. The molecule has 1 amide bonds. The van der Waals surface area contributed by atoms with E-state index in [1.165, 1.54) is 13.8 Å². The number of alkyl halides is 2. The number of nitrogens with one attached hydrogen (secondary N) is 1. The molecule has 1 N–H and O–H groups in total. The van der Waals surface area contributed by atoms with Gasteiger partial charge in [-0.1, -0.05) is 77.3 Å². The third-order valence-electron chi connectivity index (χ3n) is 3.58. The summed E-state index contributed by atoms with van der Waals surface area (Å²) in [5, 5.41) is 2.96. The molecule has 5 heteroatoms. The fourth-order valence-corrected chi connectivity index (χ4v) is 2.02. The van der Waals surface area contributed by atoms with Crippen molar-refractivity contribution in [3.05, 3.63) is 35.9 Å². The second kappa shape index (κ2) is 14.7. The van der Waals surface area contributed by atoms with Crippen LogP contribution in [0, 0.1) is 5.92 Å². The van der Waals surface area contributed by atoms with Gasteiger partial charge < -0.3 is 10.1 Å². The Morgan fingerprint density at radius 1 is 1.08 bits per heavy atom. The van der Waals surface area contributed by atoms with Crippen molar-refractivity contribution in [1.29, 1.82) is 0 Å². The van der Waals surface area contributed by atoms with E-state index in [1.54, 1.807) is 0 Å². The highest BCUT2D eigenvalue weighted by Crippen LogP contribution is 2.08. The topological polar surface area (TPSA) is 38.3 Å². The summed E-state index contributed by atoms with van der Waals surface area (Å²) in [5.41, 5.74) is 1.01. The number of ether oxygens (including phenoxy) is 1. The molecule has 0 aliphatic carbocycles. The molecule has 0 spiro atoms. The molecule has 3 nitrogen and oxygen atoms in total. The highest BCUT2D eigenvalue weighted by atomic mass is 19.3. The Morgan fingerprint density at radius 2 is 1.68 bits per heavy atom. The van der Waals surface area contributed by atoms with Crippen LogP contribution >= 0.6 is 0 Å². The average molecular weight is 357 g/mol. The summed E-state index contributed by atoms with van der Waals surface area (Å²) in [6.45, 7) is 7.61. The molecule has 0 aliphatic rings. The molecule has 0 aromatic heterocycles. The van der Waals surface area contributed by atoms with E-state index in [2.05, 4.69) is 19.2 Å². The van der Waals surface area contributed by atoms with Crippen molar-refractivity contribution >= 4 is 6.09 Å². The van der Waals surface area contributed by atoms with E-state index in [-0.39, 0.29) is 12.1 Å². The normalized spacial score (nSPS) is 11.7. The highest BCUT2D eigenvalue weighted by molar-refractivity contribution is 5.67. The van der Waals surface area contributed by atoms with Crippen LogP contribution in [0.4, 0.5) is 13.6 Å². The van der Waals surface area contributed by atoms with Gasteiger partial charge in [-0.2, -0.15) is 0 Å². The van der Waals surface area contributed by atoms with Gasteiger partial charge in [-0.05, 0) is 18.4 Å². The first-order chi connectivity index (χ1) is 11.9. The van der Waals surface area contributed by atoms with E-state index >= 15 is 0 Å². The zero-order chi connectivity index (χ0) is 19.1. The Bertz CT molecular complexity index is 433. The first-order valence-electron chi connectivity index (χ1n) is 9.16. The zero-order valence-electron chi connectivity index (χ0n) is 15.9. The number of carbonyl (C=O) groups is 1. The van der Waals surface area contributed by atoms with E-state index in [0.29, 0.717) is 6.61 Å². The van der Waals surface area contributed by atoms with E-state index < -0.39 is 12.3 Å². The smallest absolute Gasteiger partial charge is 0.407 e. The second-order valence-electron chi connectivity index (χ2n) is 6.41. The molecule has 1 atom stereocenters. The van der Waals surface area contributed by atoms with Crippen molar-refractivity contribution in [2.45, 2.75) is 78.9 Å². The van der Waals surface area contributed by atoms with Crippen molar-refractivity contribution in [3.63, 3.8) is 0 Å². The molecule has 0 radical (unpaired) electrons. The lowest BCUT2D eigenvalue weighted by Gasteiger charge is -2.17. The first kappa shape index (κ1) is 23.4. The Balaban J connectivity index is 0.000000823. The van der Waals surface area contributed by atoms with Crippen molar-refractivity contribution in [3.8, 4) is 0 Å². The maximum absolute atomic E-state index is 11.7. The number of alkyl carbamates (subject to hydrolysis) is 1. The largest absolute Gasteiger partial charge is 0.445 e. The van der Waals surface area contributed by atoms with E-state index in [0.717, 1.165) is 37.7 Å². The molecule has 144 valence electrons. The van der Waals surface area contributed by atoms with Crippen molar-refractivity contribution in [2.75, 3.05) is 0 Å². The Kier molecular flexibility index (Phi) is 13.7. The number of amides is 1. The average Bonchev–Trinajstić information content (AvgIpc) is 2.59. The van der Waals surface area contributed by atoms with Crippen molar-refractivity contribution in [2.24, 2.45) is 5.92 Å². The van der Waals surface area contributed by atoms with Crippen LogP contribution in [0.1, 0.15) is 65.4 Å². The summed E-state index contributed by atoms with van der Waals surface area (Å²) in [6, 6.07) is 9.98. The number of benzene rings is 1. The zero-order valence-corrected chi connectivity index (χ0v) is 15.9. The SMILES string of the molecule is CC(C)C(F)F.CCCCC(CCC)NC(=O)OCc1ccccc1. The van der Waals surface area contributed by atoms with E-state index in [4.69, 9.17) is 4.74 Å². The monoisotopic (exact) mass is 357 g/mol. The van der Waals surface area contributed by atoms with Crippen LogP contribution in [0.2, 0.25) is 0 Å². The number of halogens is 2. The predicted molar refractivity (Wildman–Crippen MR) is 98.8 cm³/mol. The van der Waals surface area contributed by atoms with Crippen molar-refractivity contribution < 1.29 is 18.3 Å². The van der Waals surface area contributed by atoms with Gasteiger partial charge in [-0.25, -0.2) is 13.6 Å². The quantitative estimate of drug-likeness (QED) is 0.573. The van der Waals surface area contributed by atoms with Crippen molar-refractivity contribution in [1.82, 2.24) is 5.32 Å². The Labute approximate surface area is 151 Å². The molecular formula is C20H33F2NO2. The predicted octanol–water partition coefficient (Wildman–Crippen LogP) is 6.18. The van der Waals surface area contributed by atoms with Gasteiger partial charge in [0.25, 0.3) is 0 Å². The van der Waals surface area contributed by atoms with Crippen LogP contribution in [-0.4, -0.2) is 18.6 Å². The number of unbranched alkanes of at least 4 members (excludes halogenated alkanes) is 1. The molecular weight excluding hydrogens is 324 g/mol. The highest BCUT2D eigenvalue weighted by Gasteiger charge is 2.11. The fraction of sp³-hybridized carbons (Fsp3) is 0.650. The standard InChI is InChI=1S/C16H25NO2.C4H8F2/c1-3-5-12-15(9-4-2)17-16(18)19-13-14-10-7-6-8-11-14;1-3(2)4(5)6/h6-8,10-11,15H,3-5,9,12-13H2,1-2H3,(H,17,18);3-4H,1-2H3. The third-order valence-corrected chi connectivity index (χ3v) is 3.58. The van der Waals surface area contributed by atoms with Crippen LogP contribution in [0.5, 0.6) is 0 Å². The van der Waals surface area contributed by atoms with Crippen LogP contribution in [-0.2, 0) is 11.3 Å². The number of carbonyl (C=O) groups excluding carboxylic acids is 1. The molecule has 0 saturated heterocycles. The van der Waals surface area contributed by atoms with Gasteiger partial charge in [0.2, 0.25) is 6.43 Å². The fourth-order valence-electron chi connectivity index (χ4n) is 2.02. The van der Waals surface area contributed by atoms with Gasteiger partial charge in [-0.3, -0.25) is 0 Å². The molecule has 0 fully saturated rings. The molecule has 0 saturated carbocycles. The van der Waals surface area contributed by atoms with Gasteiger partial charge in [0, 0.05) is 12.0 Å². The van der Waals surface area contributed by atoms with E-state index in [1.807, 2.05) is 30.3 Å². The lowest BCUT2D eigenvalue weighted by Crippen LogP contribution is -2.35. The molecule has 1 unspecified atom stereocenters. The Morgan fingerprint density at radius 3 is 2.16 bits per heavy atom. The minimum atomic E-state index is -2.15. The molecule has 0 aliphatic heterocycles. The van der Waals surface area contributed by atoms with Crippen LogP contribution in [0.15, 0.2) is 30.3 Å². The van der Waals surface area contributed by atoms with Crippen LogP contribution in [0.25, 0.3) is 0 Å². The third kappa shape index (κ3) is 13.3.